The highest BCUT2D eigenvalue weighted by molar-refractivity contribution is 9.10. The Labute approximate surface area is 149 Å². The van der Waals surface area contributed by atoms with Gasteiger partial charge in [-0.15, -0.1) is 0 Å². The maximum atomic E-state index is 12.3. The molecule has 0 radical (unpaired) electrons. The van der Waals surface area contributed by atoms with Crippen molar-refractivity contribution in [3.63, 3.8) is 0 Å². The van der Waals surface area contributed by atoms with Crippen molar-refractivity contribution < 1.29 is 4.74 Å². The van der Waals surface area contributed by atoms with Gasteiger partial charge in [0, 0.05) is 38.9 Å². The van der Waals surface area contributed by atoms with E-state index in [0.29, 0.717) is 5.56 Å². The van der Waals surface area contributed by atoms with Crippen molar-refractivity contribution in [2.24, 2.45) is 0 Å². The molecule has 0 spiro atoms. The lowest BCUT2D eigenvalue weighted by Crippen LogP contribution is -2.15. The number of rotatable bonds is 2. The molecule has 124 valence electrons. The summed E-state index contributed by atoms with van der Waals surface area (Å²) in [6.07, 6.45) is 3.37. The van der Waals surface area contributed by atoms with Crippen LogP contribution < -0.4 is 10.3 Å². The molecule has 0 aliphatic carbocycles. The Hall–Kier alpha value is -2.14. The first kappa shape index (κ1) is 16.7. The molecule has 2 aromatic heterocycles. The van der Waals surface area contributed by atoms with Gasteiger partial charge in [-0.3, -0.25) is 9.78 Å². The molecule has 4 nitrogen and oxygen atoms in total. The first-order chi connectivity index (χ1) is 11.3. The molecule has 0 unspecified atom stereocenters. The van der Waals surface area contributed by atoms with E-state index in [2.05, 4.69) is 46.7 Å². The Morgan fingerprint density at radius 2 is 1.96 bits per heavy atom. The number of nitrogens with one attached hydrogen (secondary N) is 1. The highest BCUT2D eigenvalue weighted by Gasteiger charge is 2.24. The van der Waals surface area contributed by atoms with E-state index in [1.54, 1.807) is 19.5 Å². The summed E-state index contributed by atoms with van der Waals surface area (Å²) >= 11 is 3.48. The fourth-order valence-electron chi connectivity index (χ4n) is 2.87. The van der Waals surface area contributed by atoms with Crippen molar-refractivity contribution in [3.8, 4) is 16.9 Å². The zero-order valence-electron chi connectivity index (χ0n) is 14.1. The van der Waals surface area contributed by atoms with Gasteiger partial charge in [0.25, 0.3) is 5.56 Å². The summed E-state index contributed by atoms with van der Waals surface area (Å²) in [6.45, 7) is 6.38. The molecule has 3 aromatic rings. The maximum Gasteiger partial charge on any atom is 0.255 e. The molecule has 5 heteroatoms. The second-order valence-corrected chi connectivity index (χ2v) is 7.63. The van der Waals surface area contributed by atoms with Crippen LogP contribution in [0.25, 0.3) is 22.0 Å². The van der Waals surface area contributed by atoms with Crippen molar-refractivity contribution in [2.45, 2.75) is 26.2 Å². The van der Waals surface area contributed by atoms with Crippen LogP contribution in [0.1, 0.15) is 26.3 Å². The van der Waals surface area contributed by atoms with Gasteiger partial charge in [-0.05, 0) is 45.6 Å². The smallest absolute Gasteiger partial charge is 0.255 e. The van der Waals surface area contributed by atoms with Gasteiger partial charge in [0.2, 0.25) is 0 Å². The summed E-state index contributed by atoms with van der Waals surface area (Å²) in [5.74, 6) is 0.794. The third-order valence-electron chi connectivity index (χ3n) is 4.01. The van der Waals surface area contributed by atoms with E-state index >= 15 is 0 Å². The monoisotopic (exact) mass is 386 g/mol. The summed E-state index contributed by atoms with van der Waals surface area (Å²) in [6, 6.07) is 7.64. The van der Waals surface area contributed by atoms with E-state index in [-0.39, 0.29) is 11.0 Å². The number of hydrogen-bond acceptors (Lipinski definition) is 3. The highest BCUT2D eigenvalue weighted by atomic mass is 79.9. The number of pyridine rings is 2. The molecular weight excluding hydrogens is 368 g/mol. The fourth-order valence-corrected chi connectivity index (χ4v) is 3.20. The zero-order valence-corrected chi connectivity index (χ0v) is 15.7. The number of nitrogens with zero attached hydrogens (tertiary/aromatic N) is 1. The third kappa shape index (κ3) is 2.84. The van der Waals surface area contributed by atoms with Crippen LogP contribution in [-0.2, 0) is 5.41 Å². The molecular formula is C19H19BrN2O2. The topological polar surface area (TPSA) is 55.0 Å². The van der Waals surface area contributed by atoms with Gasteiger partial charge >= 0.3 is 0 Å². The van der Waals surface area contributed by atoms with Crippen LogP contribution in [0.15, 0.2) is 45.9 Å². The van der Waals surface area contributed by atoms with Gasteiger partial charge in [0.15, 0.2) is 0 Å². The van der Waals surface area contributed by atoms with E-state index in [4.69, 9.17) is 4.74 Å². The van der Waals surface area contributed by atoms with Gasteiger partial charge in [0.1, 0.15) is 5.75 Å². The van der Waals surface area contributed by atoms with Crippen LogP contribution >= 0.6 is 15.9 Å². The van der Waals surface area contributed by atoms with Crippen LogP contribution in [0, 0.1) is 0 Å². The van der Waals surface area contributed by atoms with E-state index in [1.165, 1.54) is 0 Å². The van der Waals surface area contributed by atoms with Crippen molar-refractivity contribution in [1.82, 2.24) is 9.97 Å². The fraction of sp³-hybridized carbons (Fsp3) is 0.263. The molecule has 2 heterocycles. The molecule has 0 fully saturated rings. The predicted octanol–water partition coefficient (Wildman–Crippen LogP) is 4.66. The number of H-pyrrole nitrogens is 1. The van der Waals surface area contributed by atoms with Crippen molar-refractivity contribution in [1.29, 1.82) is 0 Å². The van der Waals surface area contributed by atoms with E-state index in [0.717, 1.165) is 32.3 Å². The highest BCUT2D eigenvalue weighted by Crippen LogP contribution is 2.41. The Kier molecular flexibility index (Phi) is 4.22. The van der Waals surface area contributed by atoms with Crippen molar-refractivity contribution in [3.05, 3.63) is 57.0 Å². The van der Waals surface area contributed by atoms with Crippen LogP contribution in [0.3, 0.4) is 0 Å². The Balaban J connectivity index is 2.51. The van der Waals surface area contributed by atoms with Crippen molar-refractivity contribution in [2.75, 3.05) is 7.11 Å². The molecule has 3 rings (SSSR count). The van der Waals surface area contributed by atoms with Crippen LogP contribution in [0.4, 0.5) is 0 Å². The minimum atomic E-state index is -0.141. The predicted molar refractivity (Wildman–Crippen MR) is 101 cm³/mol. The lowest BCUT2D eigenvalue weighted by molar-refractivity contribution is 0.402. The van der Waals surface area contributed by atoms with Crippen LogP contribution in [0.2, 0.25) is 0 Å². The average Bonchev–Trinajstić information content (AvgIpc) is 2.53. The largest absolute Gasteiger partial charge is 0.496 e. The van der Waals surface area contributed by atoms with Gasteiger partial charge in [0.05, 0.1) is 12.6 Å². The second-order valence-electron chi connectivity index (χ2n) is 6.72. The summed E-state index contributed by atoms with van der Waals surface area (Å²) in [7, 11) is 1.67. The number of benzene rings is 1. The minimum absolute atomic E-state index is 0.131. The first-order valence-corrected chi connectivity index (χ1v) is 8.47. The number of aromatic nitrogens is 2. The van der Waals surface area contributed by atoms with Crippen molar-refractivity contribution >= 4 is 26.8 Å². The molecule has 24 heavy (non-hydrogen) atoms. The normalized spacial score (nSPS) is 11.7. The molecule has 0 saturated heterocycles. The molecule has 0 aliphatic rings. The lowest BCUT2D eigenvalue weighted by Gasteiger charge is -2.24. The second kappa shape index (κ2) is 6.06. The van der Waals surface area contributed by atoms with E-state index in [1.807, 2.05) is 24.3 Å². The maximum absolute atomic E-state index is 12.3. The van der Waals surface area contributed by atoms with Gasteiger partial charge in [-0.2, -0.15) is 0 Å². The van der Waals surface area contributed by atoms with E-state index in [9.17, 15) is 4.79 Å². The van der Waals surface area contributed by atoms with Crippen LogP contribution in [0.5, 0.6) is 5.75 Å². The zero-order chi connectivity index (χ0) is 17.5. The quantitative estimate of drug-likeness (QED) is 0.696. The molecule has 0 aliphatic heterocycles. The number of methoxy groups -OCH3 is 1. The number of hydrogen-bond donors (Lipinski definition) is 1. The minimum Gasteiger partial charge on any atom is -0.496 e. The summed E-state index contributed by atoms with van der Waals surface area (Å²) in [4.78, 5) is 19.6. The molecule has 0 amide bonds. The number of ether oxygens (including phenoxy) is 1. The Morgan fingerprint density at radius 3 is 2.58 bits per heavy atom. The Bertz CT molecular complexity index is 971. The molecule has 0 saturated carbocycles. The Morgan fingerprint density at radius 1 is 1.21 bits per heavy atom. The average molecular weight is 387 g/mol. The molecule has 1 N–H and O–H groups in total. The lowest BCUT2D eigenvalue weighted by atomic mass is 9.83. The summed E-state index contributed by atoms with van der Waals surface area (Å²) in [5, 5.41) is 0.887. The van der Waals surface area contributed by atoms with Gasteiger partial charge in [-0.1, -0.05) is 20.8 Å². The SMILES string of the molecule is COc1c(C(C)(C)C)cc(-c2ccc[nH]c2=O)c2ncc(Br)cc12. The number of aromatic amines is 1. The molecule has 1 aromatic carbocycles. The van der Waals surface area contributed by atoms with E-state index < -0.39 is 0 Å². The summed E-state index contributed by atoms with van der Waals surface area (Å²) < 4.78 is 6.58. The number of fused-ring (bicyclic) bond motifs is 1. The number of halogens is 1. The van der Waals surface area contributed by atoms with Gasteiger partial charge in [-0.25, -0.2) is 0 Å². The van der Waals surface area contributed by atoms with Gasteiger partial charge < -0.3 is 9.72 Å². The first-order valence-electron chi connectivity index (χ1n) is 7.67. The standard InChI is InChI=1S/C19H19BrN2O2/c1-19(2,3)15-9-13(12-6-5-7-21-18(12)23)16-14(17(15)24-4)8-11(20)10-22-16/h5-10H,1-4H3,(H,21,23). The molecule has 0 bridgehead atoms. The summed E-state index contributed by atoms with van der Waals surface area (Å²) in [5.41, 5.74) is 2.93. The van der Waals surface area contributed by atoms with Crippen LogP contribution in [-0.4, -0.2) is 17.1 Å². The third-order valence-corrected chi connectivity index (χ3v) is 4.44. The molecule has 0 atom stereocenters.